The topological polar surface area (TPSA) is 73.3 Å². The number of ether oxygens (including phenoxy) is 2. The largest absolute Gasteiger partial charge is 0.496 e. The van der Waals surface area contributed by atoms with Crippen molar-refractivity contribution in [1.29, 1.82) is 0 Å². The number of nitrogens with one attached hydrogen (secondary N) is 1. The van der Waals surface area contributed by atoms with Crippen molar-refractivity contribution in [3.63, 3.8) is 0 Å². The van der Waals surface area contributed by atoms with Crippen molar-refractivity contribution >= 4 is 38.2 Å². The Morgan fingerprint density at radius 1 is 1.00 bits per heavy atom. The third-order valence-electron chi connectivity index (χ3n) is 4.65. The summed E-state index contributed by atoms with van der Waals surface area (Å²) in [7, 11) is 1.20. The van der Waals surface area contributed by atoms with E-state index in [4.69, 9.17) is 9.47 Å². The SMILES string of the molecule is COc1cc(C(F)(F)F)ccc1-c1ncc(OC)c2cc(S(=O)Nc3nccs3)ccc12. The lowest BCUT2D eigenvalue weighted by Crippen LogP contribution is -2.06. The number of aromatic nitrogens is 2. The predicted octanol–water partition coefficient (Wildman–Crippen LogP) is 5.53. The number of halogens is 3. The van der Waals surface area contributed by atoms with Gasteiger partial charge in [0.25, 0.3) is 0 Å². The van der Waals surface area contributed by atoms with Gasteiger partial charge in [-0.25, -0.2) is 9.19 Å². The molecule has 32 heavy (non-hydrogen) atoms. The third-order valence-corrected chi connectivity index (χ3v) is 6.53. The van der Waals surface area contributed by atoms with Crippen molar-refractivity contribution in [3.05, 3.63) is 59.7 Å². The van der Waals surface area contributed by atoms with E-state index < -0.39 is 22.7 Å². The van der Waals surface area contributed by atoms with Gasteiger partial charge in [-0.2, -0.15) is 13.2 Å². The van der Waals surface area contributed by atoms with Crippen molar-refractivity contribution in [1.82, 2.24) is 9.97 Å². The summed E-state index contributed by atoms with van der Waals surface area (Å²) < 4.78 is 65.5. The molecule has 2 heterocycles. The highest BCUT2D eigenvalue weighted by atomic mass is 32.2. The number of alkyl halides is 3. The standard InChI is InChI=1S/C21H16F3N3O3S2/c1-29-17-9-12(21(22,23)24)3-5-15(17)19-14-6-4-13(10-16(14)18(30-2)11-26-19)32(28)27-20-25-7-8-31-20/h3-11H,1-2H3,(H,25,27). The molecule has 0 bridgehead atoms. The third kappa shape index (κ3) is 4.26. The summed E-state index contributed by atoms with van der Waals surface area (Å²) in [6, 6.07) is 8.29. The predicted molar refractivity (Wildman–Crippen MR) is 117 cm³/mol. The van der Waals surface area contributed by atoms with Crippen LogP contribution in [0.15, 0.2) is 59.1 Å². The maximum absolute atomic E-state index is 13.1. The summed E-state index contributed by atoms with van der Waals surface area (Å²) in [5, 5.41) is 3.49. The van der Waals surface area contributed by atoms with E-state index in [-0.39, 0.29) is 5.75 Å². The Hall–Kier alpha value is -3.18. The second kappa shape index (κ2) is 8.75. The van der Waals surface area contributed by atoms with Gasteiger partial charge >= 0.3 is 6.18 Å². The Morgan fingerprint density at radius 2 is 1.78 bits per heavy atom. The minimum atomic E-state index is -4.50. The van der Waals surface area contributed by atoms with E-state index in [1.54, 1.807) is 29.8 Å². The number of benzene rings is 2. The van der Waals surface area contributed by atoms with Crippen LogP contribution in [-0.4, -0.2) is 28.4 Å². The van der Waals surface area contributed by atoms with Gasteiger partial charge in [0.1, 0.15) is 11.5 Å². The fourth-order valence-electron chi connectivity index (χ4n) is 3.16. The zero-order valence-electron chi connectivity index (χ0n) is 16.8. The van der Waals surface area contributed by atoms with Crippen LogP contribution in [0.25, 0.3) is 22.0 Å². The summed E-state index contributed by atoms with van der Waals surface area (Å²) in [5.41, 5.74) is -0.0126. The average Bonchev–Trinajstić information content (AvgIpc) is 3.30. The van der Waals surface area contributed by atoms with Crippen LogP contribution in [0.4, 0.5) is 18.3 Å². The van der Waals surface area contributed by atoms with Crippen LogP contribution in [0.1, 0.15) is 5.56 Å². The van der Waals surface area contributed by atoms with Crippen LogP contribution >= 0.6 is 11.3 Å². The molecule has 0 saturated heterocycles. The molecule has 0 radical (unpaired) electrons. The second-order valence-electron chi connectivity index (χ2n) is 6.50. The zero-order chi connectivity index (χ0) is 22.9. The molecule has 1 N–H and O–H groups in total. The lowest BCUT2D eigenvalue weighted by Gasteiger charge is -2.15. The molecule has 0 aliphatic heterocycles. The first-order valence-corrected chi connectivity index (χ1v) is 11.1. The quantitative estimate of drug-likeness (QED) is 0.394. The van der Waals surface area contributed by atoms with Crippen LogP contribution in [0.5, 0.6) is 11.5 Å². The molecule has 0 aliphatic rings. The fraction of sp³-hybridized carbons (Fsp3) is 0.143. The molecule has 6 nitrogen and oxygen atoms in total. The van der Waals surface area contributed by atoms with Gasteiger partial charge in [-0.3, -0.25) is 9.71 Å². The molecule has 1 unspecified atom stereocenters. The number of thiazole rings is 1. The Morgan fingerprint density at radius 3 is 2.44 bits per heavy atom. The molecule has 0 fully saturated rings. The van der Waals surface area contributed by atoms with Crippen LogP contribution < -0.4 is 14.2 Å². The molecule has 0 saturated carbocycles. The van der Waals surface area contributed by atoms with Gasteiger partial charge in [0.2, 0.25) is 0 Å². The summed E-state index contributed by atoms with van der Waals surface area (Å²) in [4.78, 5) is 8.93. The number of pyridine rings is 1. The van der Waals surface area contributed by atoms with Gasteiger partial charge in [0.15, 0.2) is 16.1 Å². The van der Waals surface area contributed by atoms with Gasteiger partial charge in [-0.1, -0.05) is 6.07 Å². The number of hydrogen-bond acceptors (Lipinski definition) is 6. The van der Waals surface area contributed by atoms with Gasteiger partial charge in [0.05, 0.1) is 36.6 Å². The first-order valence-electron chi connectivity index (χ1n) is 9.12. The molecule has 0 aliphatic carbocycles. The summed E-state index contributed by atoms with van der Waals surface area (Å²) in [6.45, 7) is 0. The zero-order valence-corrected chi connectivity index (χ0v) is 18.4. The molecule has 4 rings (SSSR count). The first kappa shape index (κ1) is 22.0. The Kier molecular flexibility index (Phi) is 6.02. The van der Waals surface area contributed by atoms with Crippen molar-refractivity contribution in [2.24, 2.45) is 0 Å². The van der Waals surface area contributed by atoms with Gasteiger partial charge < -0.3 is 9.47 Å². The highest BCUT2D eigenvalue weighted by molar-refractivity contribution is 7.86. The first-order chi connectivity index (χ1) is 15.3. The number of anilines is 1. The normalized spacial score (nSPS) is 12.5. The molecule has 11 heteroatoms. The second-order valence-corrected chi connectivity index (χ2v) is 8.61. The van der Waals surface area contributed by atoms with E-state index in [9.17, 15) is 17.4 Å². The Bertz CT molecular complexity index is 1290. The number of hydrogen-bond donors (Lipinski definition) is 1. The van der Waals surface area contributed by atoms with E-state index in [0.29, 0.717) is 37.8 Å². The van der Waals surface area contributed by atoms with Crippen LogP contribution in [0, 0.1) is 0 Å². The van der Waals surface area contributed by atoms with Crippen molar-refractivity contribution < 1.29 is 26.9 Å². The van der Waals surface area contributed by atoms with Gasteiger partial charge in [-0.15, -0.1) is 11.3 Å². The van der Waals surface area contributed by atoms with Crippen LogP contribution in [-0.2, 0) is 17.2 Å². The Balaban J connectivity index is 1.82. The van der Waals surface area contributed by atoms with E-state index in [0.717, 1.165) is 12.1 Å². The highest BCUT2D eigenvalue weighted by Crippen LogP contribution is 2.40. The lowest BCUT2D eigenvalue weighted by atomic mass is 10.0. The van der Waals surface area contributed by atoms with Crippen molar-refractivity contribution in [2.75, 3.05) is 18.9 Å². The number of fused-ring (bicyclic) bond motifs is 1. The molecule has 0 amide bonds. The average molecular weight is 480 g/mol. The van der Waals surface area contributed by atoms with E-state index in [2.05, 4.69) is 14.7 Å². The van der Waals surface area contributed by atoms with Crippen LogP contribution in [0.2, 0.25) is 0 Å². The van der Waals surface area contributed by atoms with Crippen molar-refractivity contribution in [3.8, 4) is 22.8 Å². The molecular weight excluding hydrogens is 463 g/mol. The number of nitrogens with zero attached hydrogens (tertiary/aromatic N) is 2. The molecule has 2 aromatic heterocycles. The highest BCUT2D eigenvalue weighted by Gasteiger charge is 2.31. The van der Waals surface area contributed by atoms with Gasteiger partial charge in [0, 0.05) is 27.9 Å². The maximum Gasteiger partial charge on any atom is 0.416 e. The summed E-state index contributed by atoms with van der Waals surface area (Å²) in [6.07, 6.45) is -1.43. The Labute approximate surface area is 187 Å². The summed E-state index contributed by atoms with van der Waals surface area (Å²) >= 11 is 1.32. The van der Waals surface area contributed by atoms with E-state index >= 15 is 0 Å². The molecule has 2 aromatic carbocycles. The lowest BCUT2D eigenvalue weighted by molar-refractivity contribution is -0.137. The van der Waals surface area contributed by atoms with Crippen molar-refractivity contribution in [2.45, 2.75) is 11.1 Å². The number of rotatable bonds is 6. The maximum atomic E-state index is 13.1. The molecule has 0 spiro atoms. The van der Waals surface area contributed by atoms with Crippen LogP contribution in [0.3, 0.4) is 0 Å². The van der Waals surface area contributed by atoms with E-state index in [1.165, 1.54) is 37.8 Å². The van der Waals surface area contributed by atoms with E-state index in [1.807, 2.05) is 0 Å². The minimum Gasteiger partial charge on any atom is -0.496 e. The smallest absolute Gasteiger partial charge is 0.416 e. The molecular formula is C21H16F3N3O3S2. The molecule has 1 atom stereocenters. The molecule has 166 valence electrons. The molecule has 4 aromatic rings. The fourth-order valence-corrected chi connectivity index (χ4v) is 4.70. The summed E-state index contributed by atoms with van der Waals surface area (Å²) in [5.74, 6) is 0.472. The monoisotopic (exact) mass is 479 g/mol. The number of methoxy groups -OCH3 is 2. The van der Waals surface area contributed by atoms with Gasteiger partial charge in [-0.05, 0) is 30.3 Å². The minimum absolute atomic E-state index is 0.0388.